The van der Waals surface area contributed by atoms with E-state index in [1.54, 1.807) is 0 Å². The van der Waals surface area contributed by atoms with E-state index in [0.717, 1.165) is 38.8 Å². The van der Waals surface area contributed by atoms with Gasteiger partial charge in [0.1, 0.15) is 0 Å². The fraction of sp³-hybridized carbons (Fsp3) is 1.00. The lowest BCUT2D eigenvalue weighted by atomic mass is 10.0. The summed E-state index contributed by atoms with van der Waals surface area (Å²) in [6.07, 6.45) is 4.14. The summed E-state index contributed by atoms with van der Waals surface area (Å²) in [6.45, 7) is 7.20. The molecule has 0 aromatic heterocycles. The third-order valence-electron chi connectivity index (χ3n) is 3.25. The van der Waals surface area contributed by atoms with Gasteiger partial charge in [-0.15, -0.1) is 0 Å². The first-order chi connectivity index (χ1) is 7.60. The Kier molecular flexibility index (Phi) is 9.99. The summed E-state index contributed by atoms with van der Waals surface area (Å²) >= 11 is 0. The highest BCUT2D eigenvalue weighted by atomic mass is 16.3. The normalized spacial score (nSPS) is 15.4. The fourth-order valence-electron chi connectivity index (χ4n) is 1.72. The molecule has 0 saturated heterocycles. The third-order valence-corrected chi connectivity index (χ3v) is 3.25. The average Bonchev–Trinajstić information content (AvgIpc) is 2.24. The molecule has 3 nitrogen and oxygen atoms in total. The highest BCUT2D eigenvalue weighted by molar-refractivity contribution is 4.60. The van der Waals surface area contributed by atoms with E-state index in [9.17, 15) is 0 Å². The first-order valence-electron chi connectivity index (χ1n) is 6.50. The second-order valence-corrected chi connectivity index (χ2v) is 5.12. The Balaban J connectivity index is 3.46. The van der Waals surface area contributed by atoms with E-state index in [2.05, 4.69) is 25.8 Å². The summed E-state index contributed by atoms with van der Waals surface area (Å²) in [6, 6.07) is 0. The maximum absolute atomic E-state index is 8.80. The van der Waals surface area contributed by atoms with Crippen molar-refractivity contribution in [3.63, 3.8) is 0 Å². The molecule has 0 rings (SSSR count). The van der Waals surface area contributed by atoms with E-state index in [4.69, 9.17) is 10.2 Å². The molecule has 2 N–H and O–H groups in total. The van der Waals surface area contributed by atoms with Crippen LogP contribution >= 0.6 is 0 Å². The molecule has 16 heavy (non-hydrogen) atoms. The second kappa shape index (κ2) is 10.1. The largest absolute Gasteiger partial charge is 0.396 e. The van der Waals surface area contributed by atoms with Gasteiger partial charge in [-0.2, -0.15) is 0 Å². The Morgan fingerprint density at radius 3 is 1.50 bits per heavy atom. The Morgan fingerprint density at radius 1 is 0.812 bits per heavy atom. The van der Waals surface area contributed by atoms with Crippen LogP contribution < -0.4 is 0 Å². The molecule has 0 saturated carbocycles. The van der Waals surface area contributed by atoms with Crippen molar-refractivity contribution in [2.45, 2.75) is 39.5 Å². The van der Waals surface area contributed by atoms with Crippen LogP contribution in [0, 0.1) is 11.8 Å². The Labute approximate surface area is 100 Å². The van der Waals surface area contributed by atoms with Crippen molar-refractivity contribution in [3.05, 3.63) is 0 Å². The van der Waals surface area contributed by atoms with E-state index >= 15 is 0 Å². The van der Waals surface area contributed by atoms with E-state index in [1.165, 1.54) is 0 Å². The van der Waals surface area contributed by atoms with Crippen LogP contribution in [0.1, 0.15) is 39.5 Å². The van der Waals surface area contributed by atoms with Crippen LogP contribution in [-0.4, -0.2) is 48.5 Å². The molecule has 0 radical (unpaired) electrons. The molecule has 3 heteroatoms. The van der Waals surface area contributed by atoms with Crippen molar-refractivity contribution in [1.82, 2.24) is 4.90 Å². The summed E-state index contributed by atoms with van der Waals surface area (Å²) in [7, 11) is 2.15. The molecule has 0 spiro atoms. The van der Waals surface area contributed by atoms with E-state index < -0.39 is 0 Å². The minimum Gasteiger partial charge on any atom is -0.396 e. The van der Waals surface area contributed by atoms with Crippen molar-refractivity contribution < 1.29 is 10.2 Å². The summed E-state index contributed by atoms with van der Waals surface area (Å²) in [5.74, 6) is 1.23. The van der Waals surface area contributed by atoms with Crippen LogP contribution in [0.25, 0.3) is 0 Å². The Hall–Kier alpha value is -0.120. The molecule has 0 aliphatic heterocycles. The van der Waals surface area contributed by atoms with E-state index in [-0.39, 0.29) is 0 Å². The summed E-state index contributed by atoms with van der Waals surface area (Å²) in [5, 5.41) is 17.6. The Morgan fingerprint density at radius 2 is 1.19 bits per heavy atom. The molecule has 0 amide bonds. The van der Waals surface area contributed by atoms with Crippen molar-refractivity contribution in [1.29, 1.82) is 0 Å². The molecule has 0 aliphatic carbocycles. The highest BCUT2D eigenvalue weighted by Crippen LogP contribution is 2.10. The number of nitrogens with zero attached hydrogens (tertiary/aromatic N) is 1. The molecule has 0 aromatic rings. The molecule has 2 unspecified atom stereocenters. The molecule has 0 heterocycles. The SMILES string of the molecule is CC(CCO)CCN(C)CCC(C)CCO. The maximum Gasteiger partial charge on any atom is 0.0433 e. The lowest BCUT2D eigenvalue weighted by Gasteiger charge is -2.20. The van der Waals surface area contributed by atoms with Gasteiger partial charge in [-0.1, -0.05) is 13.8 Å². The lowest BCUT2D eigenvalue weighted by molar-refractivity contribution is 0.226. The van der Waals surface area contributed by atoms with Gasteiger partial charge in [0.2, 0.25) is 0 Å². The molecule has 0 fully saturated rings. The topological polar surface area (TPSA) is 43.7 Å². The molecule has 0 bridgehead atoms. The number of aliphatic hydroxyl groups excluding tert-OH is 2. The summed E-state index contributed by atoms with van der Waals surface area (Å²) < 4.78 is 0. The van der Waals surface area contributed by atoms with Gasteiger partial charge in [0, 0.05) is 13.2 Å². The first-order valence-corrected chi connectivity index (χ1v) is 6.50. The third kappa shape index (κ3) is 9.13. The fourth-order valence-corrected chi connectivity index (χ4v) is 1.72. The molecule has 2 atom stereocenters. The first kappa shape index (κ1) is 15.9. The predicted octanol–water partition coefficient (Wildman–Crippen LogP) is 1.74. The van der Waals surface area contributed by atoms with Gasteiger partial charge in [0.25, 0.3) is 0 Å². The van der Waals surface area contributed by atoms with Crippen molar-refractivity contribution >= 4 is 0 Å². The van der Waals surface area contributed by atoms with Gasteiger partial charge in [-0.25, -0.2) is 0 Å². The molecular formula is C13H29NO2. The van der Waals surface area contributed by atoms with Gasteiger partial charge < -0.3 is 15.1 Å². The number of aliphatic hydroxyl groups is 2. The number of hydrogen-bond donors (Lipinski definition) is 2. The maximum atomic E-state index is 8.80. The second-order valence-electron chi connectivity index (χ2n) is 5.12. The number of rotatable bonds is 10. The van der Waals surface area contributed by atoms with Gasteiger partial charge >= 0.3 is 0 Å². The zero-order valence-electron chi connectivity index (χ0n) is 11.2. The van der Waals surface area contributed by atoms with E-state index in [0.29, 0.717) is 25.0 Å². The van der Waals surface area contributed by atoms with Crippen LogP contribution in [0.15, 0.2) is 0 Å². The number of hydrogen-bond acceptors (Lipinski definition) is 3. The van der Waals surface area contributed by atoms with Crippen LogP contribution in [-0.2, 0) is 0 Å². The monoisotopic (exact) mass is 231 g/mol. The average molecular weight is 231 g/mol. The minimum atomic E-state index is 0.304. The van der Waals surface area contributed by atoms with Crippen molar-refractivity contribution in [2.75, 3.05) is 33.4 Å². The van der Waals surface area contributed by atoms with Gasteiger partial charge in [0.15, 0.2) is 0 Å². The molecular weight excluding hydrogens is 202 g/mol. The lowest BCUT2D eigenvalue weighted by Crippen LogP contribution is -2.24. The van der Waals surface area contributed by atoms with Crippen molar-refractivity contribution in [2.24, 2.45) is 11.8 Å². The quantitative estimate of drug-likeness (QED) is 0.602. The van der Waals surface area contributed by atoms with Crippen LogP contribution in [0.4, 0.5) is 0 Å². The van der Waals surface area contributed by atoms with Gasteiger partial charge in [0.05, 0.1) is 0 Å². The van der Waals surface area contributed by atoms with Gasteiger partial charge in [-0.3, -0.25) is 0 Å². The van der Waals surface area contributed by atoms with Gasteiger partial charge in [-0.05, 0) is 57.7 Å². The molecule has 0 aromatic carbocycles. The summed E-state index contributed by atoms with van der Waals surface area (Å²) in [4.78, 5) is 2.35. The minimum absolute atomic E-state index is 0.304. The van der Waals surface area contributed by atoms with Crippen LogP contribution in [0.3, 0.4) is 0 Å². The molecule has 98 valence electrons. The highest BCUT2D eigenvalue weighted by Gasteiger charge is 2.06. The van der Waals surface area contributed by atoms with Crippen LogP contribution in [0.2, 0.25) is 0 Å². The standard InChI is InChI=1S/C13H29NO2/c1-12(6-10-15)4-8-14(3)9-5-13(2)7-11-16/h12-13,15-16H,4-11H2,1-3H3. The van der Waals surface area contributed by atoms with Crippen LogP contribution in [0.5, 0.6) is 0 Å². The van der Waals surface area contributed by atoms with Crippen molar-refractivity contribution in [3.8, 4) is 0 Å². The van der Waals surface area contributed by atoms with E-state index in [1.807, 2.05) is 0 Å². The zero-order valence-corrected chi connectivity index (χ0v) is 11.2. The molecule has 0 aliphatic rings. The predicted molar refractivity (Wildman–Crippen MR) is 68.5 cm³/mol. The smallest absolute Gasteiger partial charge is 0.0433 e. The summed E-state index contributed by atoms with van der Waals surface area (Å²) in [5.41, 5.74) is 0. The zero-order chi connectivity index (χ0) is 12.4. The Bertz CT molecular complexity index is 137.